The van der Waals surface area contributed by atoms with E-state index in [0.29, 0.717) is 0 Å². The molecular weight excluding hydrogens is 196 g/mol. The molecule has 0 aliphatic carbocycles. The van der Waals surface area contributed by atoms with E-state index < -0.39 is 0 Å². The molecule has 0 saturated carbocycles. The van der Waals surface area contributed by atoms with Crippen LogP contribution in [0.2, 0.25) is 0 Å². The number of aryl methyl sites for hydroxylation is 1. The molecule has 0 fully saturated rings. The first-order chi connectivity index (χ1) is 7.74. The number of allylic oxidation sites excluding steroid dienone is 3. The molecule has 2 nitrogen and oxygen atoms in total. The van der Waals surface area contributed by atoms with Crippen LogP contribution in [-0.4, -0.2) is 6.34 Å². The second-order valence-electron chi connectivity index (χ2n) is 4.13. The zero-order valence-corrected chi connectivity index (χ0v) is 9.70. The smallest absolute Gasteiger partial charge is 0.0920 e. The molecule has 0 aromatic heterocycles. The lowest BCUT2D eigenvalue weighted by molar-refractivity contribution is 1.02. The van der Waals surface area contributed by atoms with Crippen LogP contribution in [-0.2, 0) is 6.42 Å². The molecule has 1 aromatic carbocycles. The summed E-state index contributed by atoms with van der Waals surface area (Å²) in [7, 11) is 0. The van der Waals surface area contributed by atoms with E-state index in [1.54, 1.807) is 6.34 Å². The zero-order chi connectivity index (χ0) is 11.4. The number of rotatable bonds is 2. The van der Waals surface area contributed by atoms with Crippen molar-refractivity contribution in [3.63, 3.8) is 0 Å². The predicted octanol–water partition coefficient (Wildman–Crippen LogP) is 2.96. The van der Waals surface area contributed by atoms with Crippen LogP contribution in [0.5, 0.6) is 0 Å². The first-order valence-electron chi connectivity index (χ1n) is 5.45. The van der Waals surface area contributed by atoms with Gasteiger partial charge in [0.1, 0.15) is 0 Å². The van der Waals surface area contributed by atoms with Gasteiger partial charge in [0, 0.05) is 18.3 Å². The fourth-order valence-electron chi connectivity index (χ4n) is 1.77. The largest absolute Gasteiger partial charge is 0.350 e. The molecule has 1 heterocycles. The number of aliphatic imine (C=N–C) groups is 1. The van der Waals surface area contributed by atoms with Gasteiger partial charge in [-0.2, -0.15) is 0 Å². The Morgan fingerprint density at radius 1 is 1.25 bits per heavy atom. The van der Waals surface area contributed by atoms with Crippen LogP contribution < -0.4 is 5.32 Å². The molecule has 1 N–H and O–H groups in total. The van der Waals surface area contributed by atoms with E-state index in [4.69, 9.17) is 0 Å². The number of hydrogen-bond donors (Lipinski definition) is 1. The van der Waals surface area contributed by atoms with E-state index in [-0.39, 0.29) is 0 Å². The standard InChI is InChI=1S/C14H16N2/c1-11-4-3-5-13(6-11)8-14-7-12(2)9-15-10-16-14/h3-7,9-10H,8H2,1-2H3,(H,15,16). The van der Waals surface area contributed by atoms with Crippen molar-refractivity contribution in [2.24, 2.45) is 4.99 Å². The maximum Gasteiger partial charge on any atom is 0.0920 e. The highest BCUT2D eigenvalue weighted by atomic mass is 14.9. The van der Waals surface area contributed by atoms with Crippen molar-refractivity contribution in [2.45, 2.75) is 20.3 Å². The Kier molecular flexibility index (Phi) is 3.20. The second-order valence-corrected chi connectivity index (χ2v) is 4.13. The van der Waals surface area contributed by atoms with Gasteiger partial charge in [-0.25, -0.2) is 4.99 Å². The molecule has 0 amide bonds. The summed E-state index contributed by atoms with van der Waals surface area (Å²) in [5, 5.41) is 3.20. The topological polar surface area (TPSA) is 24.4 Å². The first-order valence-corrected chi connectivity index (χ1v) is 5.45. The van der Waals surface area contributed by atoms with Gasteiger partial charge in [0.2, 0.25) is 0 Å². The van der Waals surface area contributed by atoms with Gasteiger partial charge in [0.15, 0.2) is 0 Å². The summed E-state index contributed by atoms with van der Waals surface area (Å²) in [5.41, 5.74) is 4.97. The highest BCUT2D eigenvalue weighted by molar-refractivity contribution is 5.60. The fourth-order valence-corrected chi connectivity index (χ4v) is 1.77. The molecule has 1 aliphatic rings. The SMILES string of the molecule is CC1=CN=CNC(Cc2cccc(C)c2)=C1. The van der Waals surface area contributed by atoms with Gasteiger partial charge in [-0.15, -0.1) is 0 Å². The van der Waals surface area contributed by atoms with Gasteiger partial charge in [-0.05, 0) is 31.1 Å². The van der Waals surface area contributed by atoms with E-state index in [9.17, 15) is 0 Å². The summed E-state index contributed by atoms with van der Waals surface area (Å²) >= 11 is 0. The summed E-state index contributed by atoms with van der Waals surface area (Å²) < 4.78 is 0. The lowest BCUT2D eigenvalue weighted by Crippen LogP contribution is -2.12. The van der Waals surface area contributed by atoms with Crippen molar-refractivity contribution in [2.75, 3.05) is 0 Å². The highest BCUT2D eigenvalue weighted by Crippen LogP contribution is 2.11. The molecular formula is C14H16N2. The molecule has 0 bridgehead atoms. The molecule has 0 unspecified atom stereocenters. The van der Waals surface area contributed by atoms with Crippen LogP contribution in [0.3, 0.4) is 0 Å². The van der Waals surface area contributed by atoms with E-state index in [2.05, 4.69) is 54.5 Å². The normalized spacial score (nSPS) is 14.9. The minimum Gasteiger partial charge on any atom is -0.350 e. The monoisotopic (exact) mass is 212 g/mol. The summed E-state index contributed by atoms with van der Waals surface area (Å²) in [6.45, 7) is 4.17. The minimum atomic E-state index is 0.916. The van der Waals surface area contributed by atoms with Crippen molar-refractivity contribution >= 4 is 6.34 Å². The maximum atomic E-state index is 4.11. The lowest BCUT2D eigenvalue weighted by Gasteiger charge is -2.07. The van der Waals surface area contributed by atoms with E-state index in [1.807, 2.05) is 6.20 Å². The Balaban J connectivity index is 2.16. The van der Waals surface area contributed by atoms with Crippen molar-refractivity contribution in [1.82, 2.24) is 5.32 Å². The molecule has 2 rings (SSSR count). The molecule has 16 heavy (non-hydrogen) atoms. The molecule has 0 spiro atoms. The van der Waals surface area contributed by atoms with Gasteiger partial charge in [-0.1, -0.05) is 29.8 Å². The van der Waals surface area contributed by atoms with Gasteiger partial charge >= 0.3 is 0 Å². The third-order valence-electron chi connectivity index (χ3n) is 2.48. The van der Waals surface area contributed by atoms with Crippen molar-refractivity contribution < 1.29 is 0 Å². The fraction of sp³-hybridized carbons (Fsp3) is 0.214. The van der Waals surface area contributed by atoms with Crippen LogP contribution in [0.15, 0.2) is 52.8 Å². The van der Waals surface area contributed by atoms with Crippen LogP contribution in [0.25, 0.3) is 0 Å². The molecule has 2 heteroatoms. The summed E-state index contributed by atoms with van der Waals surface area (Å²) in [5.74, 6) is 0. The Labute approximate surface area is 96.4 Å². The Bertz CT molecular complexity index is 467. The van der Waals surface area contributed by atoms with Crippen LogP contribution in [0.1, 0.15) is 18.1 Å². The number of hydrogen-bond acceptors (Lipinski definition) is 2. The summed E-state index contributed by atoms with van der Waals surface area (Å²) in [6, 6.07) is 8.57. The van der Waals surface area contributed by atoms with Gasteiger partial charge < -0.3 is 5.32 Å². The second kappa shape index (κ2) is 4.79. The van der Waals surface area contributed by atoms with Crippen LogP contribution in [0, 0.1) is 6.92 Å². The summed E-state index contributed by atoms with van der Waals surface area (Å²) in [6.07, 6.45) is 6.64. The van der Waals surface area contributed by atoms with Gasteiger partial charge in [0.25, 0.3) is 0 Å². The quantitative estimate of drug-likeness (QED) is 0.800. The third kappa shape index (κ3) is 2.83. The van der Waals surface area contributed by atoms with E-state index >= 15 is 0 Å². The van der Waals surface area contributed by atoms with Crippen molar-refractivity contribution in [3.05, 3.63) is 58.9 Å². The molecule has 0 radical (unpaired) electrons. The molecule has 1 aliphatic heterocycles. The number of benzene rings is 1. The maximum absolute atomic E-state index is 4.11. The van der Waals surface area contributed by atoms with Crippen LogP contribution in [0.4, 0.5) is 0 Å². The molecule has 0 saturated heterocycles. The number of nitrogens with one attached hydrogen (secondary N) is 1. The number of nitrogens with zero attached hydrogens (tertiary/aromatic N) is 1. The average Bonchev–Trinajstić information content (AvgIpc) is 2.43. The average molecular weight is 212 g/mol. The highest BCUT2D eigenvalue weighted by Gasteiger charge is 2.00. The lowest BCUT2D eigenvalue weighted by atomic mass is 10.1. The third-order valence-corrected chi connectivity index (χ3v) is 2.48. The van der Waals surface area contributed by atoms with Crippen molar-refractivity contribution in [1.29, 1.82) is 0 Å². The van der Waals surface area contributed by atoms with Gasteiger partial charge in [0.05, 0.1) is 6.34 Å². The Hall–Kier alpha value is -1.83. The van der Waals surface area contributed by atoms with E-state index in [0.717, 1.165) is 6.42 Å². The molecule has 1 aromatic rings. The van der Waals surface area contributed by atoms with Crippen LogP contribution >= 0.6 is 0 Å². The van der Waals surface area contributed by atoms with E-state index in [1.165, 1.54) is 22.4 Å². The summed E-state index contributed by atoms with van der Waals surface area (Å²) in [4.78, 5) is 4.11. The molecule has 0 atom stereocenters. The minimum absolute atomic E-state index is 0.916. The Morgan fingerprint density at radius 3 is 2.94 bits per heavy atom. The zero-order valence-electron chi connectivity index (χ0n) is 9.70. The van der Waals surface area contributed by atoms with Gasteiger partial charge in [-0.3, -0.25) is 0 Å². The Morgan fingerprint density at radius 2 is 2.12 bits per heavy atom. The first kappa shape index (κ1) is 10.7. The predicted molar refractivity (Wildman–Crippen MR) is 68.4 cm³/mol. The molecule has 82 valence electrons. The van der Waals surface area contributed by atoms with Crippen molar-refractivity contribution in [3.8, 4) is 0 Å².